The number of hydrogen-bond donors (Lipinski definition) is 0. The zero-order valence-corrected chi connectivity index (χ0v) is 21.3. The molecule has 2 aromatic heterocycles. The van der Waals surface area contributed by atoms with E-state index in [-0.39, 0.29) is 0 Å². The van der Waals surface area contributed by atoms with Gasteiger partial charge in [0.05, 0.1) is 11.0 Å². The van der Waals surface area contributed by atoms with Gasteiger partial charge in [0.25, 0.3) is 0 Å². The molecular formula is C34H31NO. The van der Waals surface area contributed by atoms with Gasteiger partial charge >= 0.3 is 0 Å². The van der Waals surface area contributed by atoms with Crippen molar-refractivity contribution in [1.82, 2.24) is 4.57 Å². The minimum Gasteiger partial charge on any atom is -0.456 e. The van der Waals surface area contributed by atoms with E-state index in [1.54, 1.807) is 0 Å². The number of nitrogens with zero attached hydrogens (tertiary/aromatic N) is 1. The van der Waals surface area contributed by atoms with Crippen molar-refractivity contribution in [3.8, 4) is 5.69 Å². The lowest BCUT2D eigenvalue weighted by Crippen LogP contribution is -1.92. The summed E-state index contributed by atoms with van der Waals surface area (Å²) in [5.74, 6) is 0. The zero-order chi connectivity index (χ0) is 25.1. The van der Waals surface area contributed by atoms with Gasteiger partial charge in [-0.05, 0) is 62.4 Å². The largest absolute Gasteiger partial charge is 0.456 e. The molecule has 0 amide bonds. The van der Waals surface area contributed by atoms with Crippen LogP contribution in [0.5, 0.6) is 0 Å². The molecular weight excluding hydrogens is 438 g/mol. The lowest BCUT2D eigenvalue weighted by atomic mass is 10.1. The lowest BCUT2D eigenvalue weighted by molar-refractivity contribution is 0.669. The summed E-state index contributed by atoms with van der Waals surface area (Å²) in [6, 6.07) is 40.3. The molecule has 7 aromatic rings. The molecule has 2 heterocycles. The molecule has 2 heteroatoms. The first-order chi connectivity index (χ1) is 17.7. The Balaban J connectivity index is 0.000000146. The summed E-state index contributed by atoms with van der Waals surface area (Å²) in [5, 5.41) is 5.05. The van der Waals surface area contributed by atoms with Crippen LogP contribution in [0, 0.1) is 13.8 Å². The number of benzene rings is 5. The molecule has 0 aliphatic carbocycles. The third kappa shape index (κ3) is 4.27. The quantitative estimate of drug-likeness (QED) is 0.234. The minimum absolute atomic E-state index is 0.966. The van der Waals surface area contributed by atoms with Crippen molar-refractivity contribution < 1.29 is 4.42 Å². The number of hydrogen-bond acceptors (Lipinski definition) is 1. The summed E-state index contributed by atoms with van der Waals surface area (Å²) >= 11 is 0. The van der Waals surface area contributed by atoms with Crippen LogP contribution in [0.15, 0.2) is 120 Å². The minimum atomic E-state index is 0.966. The van der Waals surface area contributed by atoms with E-state index in [9.17, 15) is 0 Å². The van der Waals surface area contributed by atoms with Crippen LogP contribution in [0.4, 0.5) is 0 Å². The van der Waals surface area contributed by atoms with Crippen molar-refractivity contribution in [3.05, 3.63) is 126 Å². The maximum Gasteiger partial charge on any atom is 0.135 e. The second-order valence-electron chi connectivity index (χ2n) is 8.81. The van der Waals surface area contributed by atoms with Gasteiger partial charge in [-0.2, -0.15) is 0 Å². The second-order valence-corrected chi connectivity index (χ2v) is 8.81. The Morgan fingerprint density at radius 2 is 1.03 bits per heavy atom. The molecule has 0 aliphatic heterocycles. The fourth-order valence-electron chi connectivity index (χ4n) is 4.78. The molecule has 0 radical (unpaired) electrons. The van der Waals surface area contributed by atoms with Crippen molar-refractivity contribution in [2.24, 2.45) is 0 Å². The van der Waals surface area contributed by atoms with E-state index in [0.717, 1.165) is 11.2 Å². The molecule has 0 bridgehead atoms. The monoisotopic (exact) mass is 469 g/mol. The highest BCUT2D eigenvalue weighted by atomic mass is 16.3. The van der Waals surface area contributed by atoms with Crippen LogP contribution in [0.1, 0.15) is 25.0 Å². The van der Waals surface area contributed by atoms with Gasteiger partial charge in [0.15, 0.2) is 0 Å². The third-order valence-electron chi connectivity index (χ3n) is 6.37. The van der Waals surface area contributed by atoms with Gasteiger partial charge in [0.1, 0.15) is 11.2 Å². The lowest BCUT2D eigenvalue weighted by Gasteiger charge is -2.07. The summed E-state index contributed by atoms with van der Waals surface area (Å²) in [6.07, 6.45) is 0. The van der Waals surface area contributed by atoms with E-state index in [1.807, 2.05) is 38.1 Å². The van der Waals surface area contributed by atoms with E-state index in [4.69, 9.17) is 4.42 Å². The first-order valence-corrected chi connectivity index (χ1v) is 12.6. The predicted molar refractivity (Wildman–Crippen MR) is 155 cm³/mol. The normalized spacial score (nSPS) is 10.8. The van der Waals surface area contributed by atoms with Crippen LogP contribution >= 0.6 is 0 Å². The Labute approximate surface area is 212 Å². The molecule has 0 saturated heterocycles. The van der Waals surface area contributed by atoms with Crippen LogP contribution in [-0.2, 0) is 0 Å². The number of aromatic nitrogens is 1. The number of aryl methyl sites for hydroxylation is 2. The highest BCUT2D eigenvalue weighted by Crippen LogP contribution is 2.32. The van der Waals surface area contributed by atoms with Gasteiger partial charge < -0.3 is 8.98 Å². The molecule has 36 heavy (non-hydrogen) atoms. The highest BCUT2D eigenvalue weighted by Gasteiger charge is 2.11. The summed E-state index contributed by atoms with van der Waals surface area (Å²) < 4.78 is 8.04. The number of furan rings is 1. The van der Waals surface area contributed by atoms with Crippen LogP contribution in [0.25, 0.3) is 49.4 Å². The number of rotatable bonds is 1. The van der Waals surface area contributed by atoms with Crippen molar-refractivity contribution in [3.63, 3.8) is 0 Å². The van der Waals surface area contributed by atoms with Crippen molar-refractivity contribution in [1.29, 1.82) is 0 Å². The Morgan fingerprint density at radius 1 is 0.472 bits per heavy atom. The summed E-state index contributed by atoms with van der Waals surface area (Å²) in [6.45, 7) is 8.25. The maximum atomic E-state index is 5.71. The smallest absolute Gasteiger partial charge is 0.135 e. The van der Waals surface area contributed by atoms with Crippen molar-refractivity contribution in [2.75, 3.05) is 0 Å². The fraction of sp³-hybridized carbons (Fsp3) is 0.118. The number of para-hydroxylation sites is 3. The molecule has 0 N–H and O–H groups in total. The van der Waals surface area contributed by atoms with E-state index >= 15 is 0 Å². The van der Waals surface area contributed by atoms with E-state index in [1.165, 1.54) is 49.4 Å². The standard InChI is InChI=1S/C19H15N.C13H10O.C2H6/c1-14-11-12-19-17(13-14)16-9-5-6-10-18(16)20(19)15-7-3-2-4-8-15;1-9-6-7-13-11(8-9)10-4-2-3-5-12(10)14-13;1-2/h2-13H,1H3;2-8H,1H3;1-2H3. The Hall–Kier alpha value is -4.30. The predicted octanol–water partition coefficient (Wildman–Crippen LogP) is 10.0. The van der Waals surface area contributed by atoms with E-state index < -0.39 is 0 Å². The molecule has 0 fully saturated rings. The average Bonchev–Trinajstić information content (AvgIpc) is 3.46. The van der Waals surface area contributed by atoms with E-state index in [0.29, 0.717) is 0 Å². The van der Waals surface area contributed by atoms with Gasteiger partial charge in [0.2, 0.25) is 0 Å². The van der Waals surface area contributed by atoms with Gasteiger partial charge in [0, 0.05) is 27.2 Å². The maximum absolute atomic E-state index is 5.71. The summed E-state index contributed by atoms with van der Waals surface area (Å²) in [7, 11) is 0. The van der Waals surface area contributed by atoms with Crippen LogP contribution in [0.3, 0.4) is 0 Å². The van der Waals surface area contributed by atoms with Crippen LogP contribution in [0.2, 0.25) is 0 Å². The van der Waals surface area contributed by atoms with Gasteiger partial charge in [-0.25, -0.2) is 0 Å². The Bertz CT molecular complexity index is 1770. The van der Waals surface area contributed by atoms with Crippen molar-refractivity contribution in [2.45, 2.75) is 27.7 Å². The highest BCUT2D eigenvalue weighted by molar-refractivity contribution is 6.09. The Morgan fingerprint density at radius 3 is 1.81 bits per heavy atom. The van der Waals surface area contributed by atoms with Gasteiger partial charge in [-0.1, -0.05) is 91.7 Å². The molecule has 0 saturated carbocycles. The molecule has 7 rings (SSSR count). The molecule has 0 atom stereocenters. The zero-order valence-electron chi connectivity index (χ0n) is 21.3. The van der Waals surface area contributed by atoms with Gasteiger partial charge in [-0.3, -0.25) is 0 Å². The second kappa shape index (κ2) is 10.1. The van der Waals surface area contributed by atoms with Crippen LogP contribution in [-0.4, -0.2) is 4.57 Å². The molecule has 0 spiro atoms. The fourth-order valence-corrected chi connectivity index (χ4v) is 4.78. The molecule has 2 nitrogen and oxygen atoms in total. The first kappa shape index (κ1) is 23.4. The average molecular weight is 470 g/mol. The summed E-state index contributed by atoms with van der Waals surface area (Å²) in [5.41, 5.74) is 8.24. The first-order valence-electron chi connectivity index (χ1n) is 12.6. The Kier molecular flexibility index (Phi) is 6.60. The SMILES string of the molecule is CC.Cc1ccc2c(c1)c1ccccc1n2-c1ccccc1.Cc1ccc2oc3ccccc3c2c1. The van der Waals surface area contributed by atoms with Crippen LogP contribution < -0.4 is 0 Å². The third-order valence-corrected chi connectivity index (χ3v) is 6.37. The topological polar surface area (TPSA) is 18.1 Å². The number of fused-ring (bicyclic) bond motifs is 6. The van der Waals surface area contributed by atoms with Crippen molar-refractivity contribution >= 4 is 43.7 Å². The molecule has 0 aliphatic rings. The molecule has 178 valence electrons. The molecule has 0 unspecified atom stereocenters. The summed E-state index contributed by atoms with van der Waals surface area (Å²) in [4.78, 5) is 0. The van der Waals surface area contributed by atoms with E-state index in [2.05, 4.69) is 109 Å². The molecule has 5 aromatic carbocycles. The van der Waals surface area contributed by atoms with Gasteiger partial charge in [-0.15, -0.1) is 0 Å².